The summed E-state index contributed by atoms with van der Waals surface area (Å²) in [4.78, 5) is 23.1. The van der Waals surface area contributed by atoms with Crippen molar-refractivity contribution in [1.29, 1.82) is 0 Å². The Kier molecular flexibility index (Phi) is 5.41. The number of carbonyl (C=O) groups is 2. The summed E-state index contributed by atoms with van der Waals surface area (Å²) in [5.74, 6) is -0.447. The summed E-state index contributed by atoms with van der Waals surface area (Å²) >= 11 is 0. The average Bonchev–Trinajstić information content (AvgIpc) is 2.86. The van der Waals surface area contributed by atoms with Gasteiger partial charge in [-0.3, -0.25) is 9.59 Å². The fourth-order valence-electron chi connectivity index (χ4n) is 2.21. The van der Waals surface area contributed by atoms with E-state index < -0.39 is 5.97 Å². The van der Waals surface area contributed by atoms with Crippen molar-refractivity contribution in [3.05, 3.63) is 53.0 Å². The molecule has 1 amide bonds. The molecule has 0 radical (unpaired) electrons. The van der Waals surface area contributed by atoms with Gasteiger partial charge in [0, 0.05) is 12.1 Å². The fraction of sp³-hybridized carbons (Fsp3) is 0.294. The molecule has 2 N–H and O–H groups in total. The highest BCUT2D eigenvalue weighted by Crippen LogP contribution is 2.18. The second kappa shape index (κ2) is 7.49. The lowest BCUT2D eigenvalue weighted by molar-refractivity contribution is -0.136. The number of benzene rings is 1. The van der Waals surface area contributed by atoms with Crippen molar-refractivity contribution in [2.24, 2.45) is 0 Å². The van der Waals surface area contributed by atoms with Gasteiger partial charge in [-0.2, -0.15) is 0 Å². The van der Waals surface area contributed by atoms with Crippen LogP contribution in [0.25, 0.3) is 0 Å². The predicted molar refractivity (Wildman–Crippen MR) is 83.6 cm³/mol. The van der Waals surface area contributed by atoms with Crippen molar-refractivity contribution in [2.45, 2.75) is 26.8 Å². The van der Waals surface area contributed by atoms with E-state index in [0.717, 1.165) is 11.3 Å². The number of nitrogens with one attached hydrogen (secondary N) is 1. The minimum atomic E-state index is -1.04. The summed E-state index contributed by atoms with van der Waals surface area (Å²) in [6.45, 7) is 4.56. The van der Waals surface area contributed by atoms with Gasteiger partial charge < -0.3 is 19.6 Å². The van der Waals surface area contributed by atoms with Crippen molar-refractivity contribution >= 4 is 11.9 Å². The number of aryl methyl sites for hydroxylation is 1. The Balaban J connectivity index is 2.02. The largest absolute Gasteiger partial charge is 0.494 e. The van der Waals surface area contributed by atoms with E-state index >= 15 is 0 Å². The van der Waals surface area contributed by atoms with Crippen LogP contribution in [0, 0.1) is 6.92 Å². The maximum atomic E-state index is 12.3. The summed E-state index contributed by atoms with van der Waals surface area (Å²) in [5, 5.41) is 11.6. The van der Waals surface area contributed by atoms with Gasteiger partial charge in [-0.25, -0.2) is 0 Å². The molecule has 0 spiro atoms. The lowest BCUT2D eigenvalue weighted by atomic mass is 10.1. The number of hydrogen-bond donors (Lipinski definition) is 2. The molecule has 23 heavy (non-hydrogen) atoms. The van der Waals surface area contributed by atoms with Gasteiger partial charge in [-0.15, -0.1) is 0 Å². The lowest BCUT2D eigenvalue weighted by Crippen LogP contribution is -2.24. The summed E-state index contributed by atoms with van der Waals surface area (Å²) in [5.41, 5.74) is 1.83. The maximum absolute atomic E-state index is 12.3. The average molecular weight is 317 g/mol. The van der Waals surface area contributed by atoms with Crippen LogP contribution in [0.1, 0.15) is 34.2 Å². The van der Waals surface area contributed by atoms with Gasteiger partial charge in [0.15, 0.2) is 0 Å². The maximum Gasteiger partial charge on any atom is 0.311 e. The van der Waals surface area contributed by atoms with E-state index in [1.54, 1.807) is 6.92 Å². The second-order valence-corrected chi connectivity index (χ2v) is 5.05. The Morgan fingerprint density at radius 3 is 2.57 bits per heavy atom. The SMILES string of the molecule is CCOc1ccc(CNC(=O)c2c(C)coc2CC(=O)O)cc1. The van der Waals surface area contributed by atoms with E-state index in [9.17, 15) is 9.59 Å². The third-order valence-electron chi connectivity index (χ3n) is 3.28. The highest BCUT2D eigenvalue weighted by Gasteiger charge is 2.20. The number of rotatable bonds is 7. The molecule has 0 unspecified atom stereocenters. The molecule has 6 nitrogen and oxygen atoms in total. The van der Waals surface area contributed by atoms with Crippen LogP contribution in [0.5, 0.6) is 5.75 Å². The molecule has 1 aromatic heterocycles. The molecule has 0 bridgehead atoms. The van der Waals surface area contributed by atoms with Gasteiger partial charge in [-0.05, 0) is 31.5 Å². The first-order valence-electron chi connectivity index (χ1n) is 7.30. The smallest absolute Gasteiger partial charge is 0.311 e. The van der Waals surface area contributed by atoms with Gasteiger partial charge >= 0.3 is 5.97 Å². The van der Waals surface area contributed by atoms with Crippen LogP contribution < -0.4 is 10.1 Å². The van der Waals surface area contributed by atoms with Crippen LogP contribution in [-0.4, -0.2) is 23.6 Å². The van der Waals surface area contributed by atoms with E-state index in [1.807, 2.05) is 31.2 Å². The van der Waals surface area contributed by atoms with Crippen molar-refractivity contribution in [1.82, 2.24) is 5.32 Å². The normalized spacial score (nSPS) is 10.3. The zero-order chi connectivity index (χ0) is 16.8. The molecule has 2 aromatic rings. The Hall–Kier alpha value is -2.76. The van der Waals surface area contributed by atoms with E-state index in [4.69, 9.17) is 14.3 Å². The predicted octanol–water partition coefficient (Wildman–Crippen LogP) is 2.54. The molecule has 0 aliphatic carbocycles. The fourth-order valence-corrected chi connectivity index (χ4v) is 2.21. The van der Waals surface area contributed by atoms with Gasteiger partial charge in [0.2, 0.25) is 0 Å². The van der Waals surface area contributed by atoms with E-state index in [-0.39, 0.29) is 18.1 Å². The number of ether oxygens (including phenoxy) is 1. The molecule has 2 rings (SSSR count). The van der Waals surface area contributed by atoms with Crippen LogP contribution in [0.3, 0.4) is 0 Å². The lowest BCUT2D eigenvalue weighted by Gasteiger charge is -2.07. The second-order valence-electron chi connectivity index (χ2n) is 5.05. The topological polar surface area (TPSA) is 88.8 Å². The third kappa shape index (κ3) is 4.35. The standard InChI is InChI=1S/C17H19NO5/c1-3-22-13-6-4-12(5-7-13)9-18-17(21)16-11(2)10-23-14(16)8-15(19)20/h4-7,10H,3,8-9H2,1-2H3,(H,18,21)(H,19,20). The van der Waals surface area contributed by atoms with Gasteiger partial charge in [-0.1, -0.05) is 12.1 Å². The third-order valence-corrected chi connectivity index (χ3v) is 3.28. The monoisotopic (exact) mass is 317 g/mol. The van der Waals surface area contributed by atoms with Crippen LogP contribution in [-0.2, 0) is 17.8 Å². The molecule has 0 fully saturated rings. The van der Waals surface area contributed by atoms with Crippen LogP contribution >= 0.6 is 0 Å². The van der Waals surface area contributed by atoms with Crippen molar-refractivity contribution < 1.29 is 23.8 Å². The molecule has 0 saturated heterocycles. The summed E-state index contributed by atoms with van der Waals surface area (Å²) in [7, 11) is 0. The van der Waals surface area contributed by atoms with Crippen LogP contribution in [0.2, 0.25) is 0 Å². The molecule has 0 atom stereocenters. The van der Waals surface area contributed by atoms with Gasteiger partial charge in [0.25, 0.3) is 5.91 Å². The summed E-state index contributed by atoms with van der Waals surface area (Å²) < 4.78 is 10.5. The molecular formula is C17H19NO5. The molecule has 0 saturated carbocycles. The molecule has 1 heterocycles. The van der Waals surface area contributed by atoms with Crippen molar-refractivity contribution in [3.8, 4) is 5.75 Å². The minimum Gasteiger partial charge on any atom is -0.494 e. The molecule has 122 valence electrons. The van der Waals surface area contributed by atoms with E-state index in [0.29, 0.717) is 24.3 Å². The van der Waals surface area contributed by atoms with Crippen LogP contribution in [0.15, 0.2) is 34.9 Å². The van der Waals surface area contributed by atoms with Crippen molar-refractivity contribution in [2.75, 3.05) is 6.61 Å². The Bertz CT molecular complexity index is 688. The Labute approximate surface area is 134 Å². The zero-order valence-electron chi connectivity index (χ0n) is 13.1. The molecule has 0 aliphatic rings. The molecule has 6 heteroatoms. The number of aliphatic carboxylic acids is 1. The molecular weight excluding hydrogens is 298 g/mol. The molecule has 1 aromatic carbocycles. The van der Waals surface area contributed by atoms with Crippen LogP contribution in [0.4, 0.5) is 0 Å². The van der Waals surface area contributed by atoms with E-state index in [1.165, 1.54) is 6.26 Å². The molecule has 0 aliphatic heterocycles. The first-order valence-corrected chi connectivity index (χ1v) is 7.30. The highest BCUT2D eigenvalue weighted by atomic mass is 16.5. The Morgan fingerprint density at radius 2 is 1.96 bits per heavy atom. The van der Waals surface area contributed by atoms with Gasteiger partial charge in [0.05, 0.1) is 18.4 Å². The summed E-state index contributed by atoms with van der Waals surface area (Å²) in [6.07, 6.45) is 1.07. The van der Waals surface area contributed by atoms with Gasteiger partial charge in [0.1, 0.15) is 17.9 Å². The first kappa shape index (κ1) is 16.6. The highest BCUT2D eigenvalue weighted by molar-refractivity contribution is 5.97. The summed E-state index contributed by atoms with van der Waals surface area (Å²) in [6, 6.07) is 7.41. The number of amides is 1. The quantitative estimate of drug-likeness (QED) is 0.819. The number of carboxylic acid groups (broad SMARTS) is 1. The zero-order valence-corrected chi connectivity index (χ0v) is 13.1. The number of carbonyl (C=O) groups excluding carboxylic acids is 1. The first-order chi connectivity index (χ1) is 11.0. The number of furan rings is 1. The van der Waals surface area contributed by atoms with Crippen molar-refractivity contribution in [3.63, 3.8) is 0 Å². The number of hydrogen-bond acceptors (Lipinski definition) is 4. The minimum absolute atomic E-state index is 0.166. The van der Waals surface area contributed by atoms with E-state index in [2.05, 4.69) is 5.32 Å². The number of carboxylic acids is 1. The Morgan fingerprint density at radius 1 is 1.26 bits per heavy atom.